The number of likely N-dealkylation sites (tertiary alicyclic amines) is 1. The fourth-order valence-corrected chi connectivity index (χ4v) is 12.2. The maximum atomic E-state index is 15.1. The standard InChI is InChI=1S/C53H66FN7O9S/c1-33(2)38-9-6-7-10-39(38)40-11-8-12-45(40)60-31-53(32-60)21-23-59(24-22-53)36-13-15-41(47(25-36)70-48-27-42-43(54)29-56-49(42)57-51(48)69-30-34(3)68-5)50(62)58-71(66,67)37-14-16-44(46(26-37)61(64)65)55-28-35-17-19-52(4,63)20-18-35/h6-7,9-10,13-16,25-27,29,33-35,40,45,55,63H,8,11-12,17-24,28,30-32H2,1-5H3,(H,56,57)(H,58,62)/t34-,35-,40+,45+,52-/m0/s1. The lowest BCUT2D eigenvalue weighted by Crippen LogP contribution is -2.63. The molecule has 4 fully saturated rings. The molecule has 71 heavy (non-hydrogen) atoms. The third-order valence-electron chi connectivity index (χ3n) is 15.5. The van der Waals surface area contributed by atoms with Crippen molar-refractivity contribution in [3.05, 3.63) is 106 Å². The third kappa shape index (κ3) is 10.9. The van der Waals surface area contributed by atoms with Crippen molar-refractivity contribution in [3.8, 4) is 17.4 Å². The zero-order valence-electron chi connectivity index (χ0n) is 41.2. The number of aromatic nitrogens is 2. The monoisotopic (exact) mass is 995 g/mol. The number of anilines is 2. The summed E-state index contributed by atoms with van der Waals surface area (Å²) in [5, 5.41) is 25.8. The molecule has 2 saturated carbocycles. The van der Waals surface area contributed by atoms with E-state index in [1.807, 2.05) is 0 Å². The molecule has 0 unspecified atom stereocenters. The number of methoxy groups -OCH3 is 1. The molecule has 380 valence electrons. The number of rotatable bonds is 17. The number of aromatic amines is 1. The van der Waals surface area contributed by atoms with Gasteiger partial charge in [-0.05, 0) is 124 Å². The highest BCUT2D eigenvalue weighted by Gasteiger charge is 2.49. The molecule has 18 heteroatoms. The van der Waals surface area contributed by atoms with Crippen LogP contribution < -0.4 is 24.4 Å². The molecular weight excluding hydrogens is 930 g/mol. The van der Waals surface area contributed by atoms with Crippen molar-refractivity contribution in [2.24, 2.45) is 11.3 Å². The molecule has 2 saturated heterocycles. The van der Waals surface area contributed by atoms with Crippen LogP contribution in [-0.4, -0.2) is 103 Å². The number of halogens is 1. The van der Waals surface area contributed by atoms with Gasteiger partial charge in [0.1, 0.15) is 29.5 Å². The second kappa shape index (κ2) is 20.4. The van der Waals surface area contributed by atoms with Gasteiger partial charge < -0.3 is 34.5 Å². The number of fused-ring (bicyclic) bond motifs is 1. The quantitative estimate of drug-likeness (QED) is 0.0507. The van der Waals surface area contributed by atoms with Crippen molar-refractivity contribution in [2.45, 2.75) is 120 Å². The van der Waals surface area contributed by atoms with Gasteiger partial charge in [0.15, 0.2) is 5.75 Å². The van der Waals surface area contributed by atoms with Crippen LogP contribution in [0.1, 0.15) is 119 Å². The van der Waals surface area contributed by atoms with Gasteiger partial charge in [0.2, 0.25) is 0 Å². The highest BCUT2D eigenvalue weighted by Crippen LogP contribution is 2.49. The summed E-state index contributed by atoms with van der Waals surface area (Å²) in [6.07, 6.45) is 9.09. The molecule has 4 heterocycles. The summed E-state index contributed by atoms with van der Waals surface area (Å²) in [7, 11) is -3.15. The smallest absolute Gasteiger partial charge is 0.293 e. The molecule has 2 aromatic heterocycles. The SMILES string of the molecule is CO[C@@H](C)COc1nc2[nH]cc(F)c2cc1Oc1cc(N2CCC3(CC2)CN([C@@H]2CCC[C@@H]2c2ccccc2C(C)C)C3)ccc1C(=O)NS(=O)(=O)c1ccc(NC[C@H]2CC[C@](C)(O)CC2)c([N+](=O)[O-])c1. The molecule has 9 rings (SSSR count). The second-order valence-electron chi connectivity index (χ2n) is 20.9. The van der Waals surface area contributed by atoms with Crippen molar-refractivity contribution >= 4 is 44.0 Å². The van der Waals surface area contributed by atoms with Gasteiger partial charge in [0, 0.05) is 76.0 Å². The van der Waals surface area contributed by atoms with Gasteiger partial charge in [0.05, 0.1) is 32.5 Å². The van der Waals surface area contributed by atoms with E-state index in [0.717, 1.165) is 69.8 Å². The number of benzene rings is 3. The lowest BCUT2D eigenvalue weighted by molar-refractivity contribution is -0.384. The van der Waals surface area contributed by atoms with E-state index in [0.29, 0.717) is 37.3 Å². The molecule has 0 radical (unpaired) electrons. The summed E-state index contributed by atoms with van der Waals surface area (Å²) >= 11 is 0. The van der Waals surface area contributed by atoms with E-state index < -0.39 is 42.9 Å². The molecule has 3 atom stereocenters. The van der Waals surface area contributed by atoms with E-state index in [4.69, 9.17) is 14.2 Å². The van der Waals surface area contributed by atoms with Crippen LogP contribution in [0.25, 0.3) is 11.0 Å². The number of ether oxygens (including phenoxy) is 3. The van der Waals surface area contributed by atoms with Crippen LogP contribution in [-0.2, 0) is 14.8 Å². The van der Waals surface area contributed by atoms with Crippen molar-refractivity contribution < 1.29 is 41.8 Å². The van der Waals surface area contributed by atoms with Crippen molar-refractivity contribution in [1.82, 2.24) is 19.6 Å². The number of carbonyl (C=O) groups excluding carboxylic acids is 1. The van der Waals surface area contributed by atoms with Gasteiger partial charge in [0.25, 0.3) is 27.5 Å². The summed E-state index contributed by atoms with van der Waals surface area (Å²) < 4.78 is 62.9. The van der Waals surface area contributed by atoms with Crippen LogP contribution in [0, 0.1) is 27.3 Å². The number of carbonyl (C=O) groups is 1. The lowest BCUT2D eigenvalue weighted by atomic mass is 9.70. The third-order valence-corrected chi connectivity index (χ3v) is 16.9. The van der Waals surface area contributed by atoms with Gasteiger partial charge in [-0.25, -0.2) is 17.5 Å². The maximum Gasteiger partial charge on any atom is 0.293 e. The topological polar surface area (TPSA) is 201 Å². The predicted octanol–water partition coefficient (Wildman–Crippen LogP) is 9.65. The number of nitro benzene ring substituents is 1. The van der Waals surface area contributed by atoms with Crippen molar-refractivity contribution in [2.75, 3.05) is 56.7 Å². The number of hydrogen-bond acceptors (Lipinski definition) is 13. The molecule has 5 aromatic rings. The first-order valence-electron chi connectivity index (χ1n) is 25.0. The number of pyridine rings is 1. The van der Waals surface area contributed by atoms with Gasteiger partial charge in [-0.15, -0.1) is 0 Å². The minimum absolute atomic E-state index is 0.0179. The first kappa shape index (κ1) is 50.1. The van der Waals surface area contributed by atoms with E-state index >= 15 is 4.39 Å². The van der Waals surface area contributed by atoms with E-state index in [1.165, 1.54) is 61.8 Å². The number of H-pyrrole nitrogens is 1. The molecule has 4 aliphatic rings. The Balaban J connectivity index is 0.951. The minimum atomic E-state index is -4.69. The van der Waals surface area contributed by atoms with E-state index in [-0.39, 0.29) is 63.7 Å². The number of nitrogens with one attached hydrogen (secondary N) is 3. The van der Waals surface area contributed by atoms with Crippen LogP contribution in [0.15, 0.2) is 77.8 Å². The number of hydrogen-bond donors (Lipinski definition) is 4. The first-order valence-corrected chi connectivity index (χ1v) is 26.4. The summed E-state index contributed by atoms with van der Waals surface area (Å²) in [4.78, 5) is 37.6. The molecule has 3 aromatic carbocycles. The Labute approximate surface area is 414 Å². The van der Waals surface area contributed by atoms with Crippen molar-refractivity contribution in [3.63, 3.8) is 0 Å². The molecule has 2 aliphatic carbocycles. The Morgan fingerprint density at radius 1 is 1.00 bits per heavy atom. The Bertz CT molecular complexity index is 2870. The summed E-state index contributed by atoms with van der Waals surface area (Å²) in [5.74, 6) is -0.564. The molecule has 16 nitrogen and oxygen atoms in total. The average molecular weight is 996 g/mol. The highest BCUT2D eigenvalue weighted by molar-refractivity contribution is 7.90. The summed E-state index contributed by atoms with van der Waals surface area (Å²) in [5.41, 5.74) is 2.84. The predicted molar refractivity (Wildman–Crippen MR) is 270 cm³/mol. The fourth-order valence-electron chi connectivity index (χ4n) is 11.2. The number of sulfonamides is 1. The number of piperidine rings is 1. The van der Waals surface area contributed by atoms with Crippen LogP contribution in [0.5, 0.6) is 17.4 Å². The normalized spacial score (nSPS) is 22.9. The Morgan fingerprint density at radius 3 is 2.46 bits per heavy atom. The lowest BCUT2D eigenvalue weighted by Gasteiger charge is -2.57. The summed E-state index contributed by atoms with van der Waals surface area (Å²) in [6, 6.07) is 19.2. The zero-order valence-corrected chi connectivity index (χ0v) is 42.0. The average Bonchev–Trinajstić information content (AvgIpc) is 3.97. The highest BCUT2D eigenvalue weighted by atomic mass is 32.2. The Hall–Kier alpha value is -5.82. The van der Waals surface area contributed by atoms with Crippen LogP contribution >= 0.6 is 0 Å². The van der Waals surface area contributed by atoms with Gasteiger partial charge in [-0.1, -0.05) is 44.5 Å². The molecule has 1 spiro atoms. The van der Waals surface area contributed by atoms with Crippen molar-refractivity contribution in [1.29, 1.82) is 0 Å². The van der Waals surface area contributed by atoms with Crippen LogP contribution in [0.4, 0.5) is 21.5 Å². The zero-order chi connectivity index (χ0) is 50.2. The number of nitrogens with zero attached hydrogens (tertiary/aromatic N) is 4. The second-order valence-corrected chi connectivity index (χ2v) is 22.6. The number of amides is 1. The van der Waals surface area contributed by atoms with Gasteiger partial charge >= 0.3 is 0 Å². The molecule has 4 N–H and O–H groups in total. The Morgan fingerprint density at radius 2 is 1.75 bits per heavy atom. The maximum absolute atomic E-state index is 15.1. The molecule has 0 bridgehead atoms. The van der Waals surface area contributed by atoms with Gasteiger partial charge in [-0.3, -0.25) is 19.8 Å². The molecular formula is C53H66FN7O9S. The van der Waals surface area contributed by atoms with Gasteiger partial charge in [-0.2, -0.15) is 4.98 Å². The van der Waals surface area contributed by atoms with E-state index in [9.17, 15) is 28.4 Å². The summed E-state index contributed by atoms with van der Waals surface area (Å²) in [6.45, 7) is 12.2. The molecule has 2 aliphatic heterocycles. The number of nitro groups is 1. The molecule has 1 amide bonds. The number of aliphatic hydroxyl groups is 1. The van der Waals surface area contributed by atoms with E-state index in [1.54, 1.807) is 26.0 Å². The van der Waals surface area contributed by atoms with Crippen LogP contribution in [0.3, 0.4) is 0 Å². The van der Waals surface area contributed by atoms with E-state index in [2.05, 4.69) is 67.9 Å². The largest absolute Gasteiger partial charge is 0.472 e. The first-order chi connectivity index (χ1) is 33.9. The fraction of sp³-hybridized carbons (Fsp3) is 0.509. The Kier molecular flexibility index (Phi) is 14.4. The van der Waals surface area contributed by atoms with Crippen LogP contribution in [0.2, 0.25) is 0 Å². The minimum Gasteiger partial charge on any atom is -0.472 e.